The minimum atomic E-state index is 0.706. The largest absolute Gasteiger partial charge is 0.385 e. The minimum Gasteiger partial charge on any atom is -0.385 e. The Balaban J connectivity index is 2.29. The molecule has 0 heterocycles. The first-order valence-electron chi connectivity index (χ1n) is 6.35. The van der Waals surface area contributed by atoms with Gasteiger partial charge < -0.3 is 15.4 Å². The van der Waals surface area contributed by atoms with E-state index in [1.54, 1.807) is 7.11 Å². The summed E-state index contributed by atoms with van der Waals surface area (Å²) < 4.78 is 4.98. The number of nitrogens with one attached hydrogen (secondary N) is 2. The lowest BCUT2D eigenvalue weighted by Gasteiger charge is -2.12. The molecule has 4 heteroatoms. The lowest BCUT2D eigenvalue weighted by Crippen LogP contribution is -2.35. The summed E-state index contributed by atoms with van der Waals surface area (Å²) in [6.45, 7) is 4.55. The molecule has 0 fully saturated rings. The van der Waals surface area contributed by atoms with Crippen molar-refractivity contribution in [2.75, 3.05) is 20.3 Å². The molecule has 0 aliphatic heterocycles. The second-order valence-corrected chi connectivity index (χ2v) is 4.49. The van der Waals surface area contributed by atoms with Gasteiger partial charge in [0.25, 0.3) is 0 Å². The first-order chi connectivity index (χ1) is 8.77. The fraction of sp³-hybridized carbons (Fsp3) is 0.500. The van der Waals surface area contributed by atoms with E-state index in [9.17, 15) is 0 Å². The van der Waals surface area contributed by atoms with Gasteiger partial charge in [0.05, 0.1) is 0 Å². The van der Waals surface area contributed by atoms with E-state index in [0.29, 0.717) is 5.11 Å². The average molecular weight is 266 g/mol. The van der Waals surface area contributed by atoms with Crippen molar-refractivity contribution in [3.63, 3.8) is 0 Å². The third kappa shape index (κ3) is 5.47. The Hall–Kier alpha value is -1.13. The summed E-state index contributed by atoms with van der Waals surface area (Å²) in [5, 5.41) is 7.10. The topological polar surface area (TPSA) is 33.3 Å². The van der Waals surface area contributed by atoms with Gasteiger partial charge in [0, 0.05) is 26.8 Å². The summed E-state index contributed by atoms with van der Waals surface area (Å²) in [6.07, 6.45) is 2.01. The maximum atomic E-state index is 5.22. The molecule has 0 aliphatic rings. The number of methoxy groups -OCH3 is 1. The van der Waals surface area contributed by atoms with Gasteiger partial charge in [-0.1, -0.05) is 31.2 Å². The number of benzene rings is 1. The summed E-state index contributed by atoms with van der Waals surface area (Å²) in [6, 6.07) is 8.43. The molecule has 0 aliphatic carbocycles. The number of thiocarbonyl (C=S) groups is 1. The van der Waals surface area contributed by atoms with E-state index in [4.69, 9.17) is 17.0 Å². The number of hydrogen-bond donors (Lipinski definition) is 2. The van der Waals surface area contributed by atoms with Crippen LogP contribution in [0.2, 0.25) is 0 Å². The molecule has 0 amide bonds. The van der Waals surface area contributed by atoms with Crippen LogP contribution in [0.4, 0.5) is 0 Å². The van der Waals surface area contributed by atoms with Crippen LogP contribution in [-0.4, -0.2) is 25.4 Å². The summed E-state index contributed by atoms with van der Waals surface area (Å²) in [5.41, 5.74) is 2.67. The SMILES string of the molecule is CCc1ccccc1CNC(=S)NCCCOC. The molecule has 0 saturated carbocycles. The van der Waals surface area contributed by atoms with Gasteiger partial charge in [-0.2, -0.15) is 0 Å². The molecule has 0 radical (unpaired) electrons. The molecular formula is C14H22N2OS. The van der Waals surface area contributed by atoms with Crippen LogP contribution >= 0.6 is 12.2 Å². The van der Waals surface area contributed by atoms with Crippen LogP contribution in [-0.2, 0) is 17.7 Å². The smallest absolute Gasteiger partial charge is 0.166 e. The number of rotatable bonds is 7. The van der Waals surface area contributed by atoms with E-state index in [0.717, 1.165) is 32.5 Å². The van der Waals surface area contributed by atoms with Gasteiger partial charge >= 0.3 is 0 Å². The maximum Gasteiger partial charge on any atom is 0.166 e. The van der Waals surface area contributed by atoms with Crippen LogP contribution in [0.1, 0.15) is 24.5 Å². The third-order valence-corrected chi connectivity index (χ3v) is 3.04. The Bertz CT molecular complexity index is 369. The summed E-state index contributed by atoms with van der Waals surface area (Å²) in [4.78, 5) is 0. The lowest BCUT2D eigenvalue weighted by molar-refractivity contribution is 0.195. The second kappa shape index (κ2) is 8.89. The van der Waals surface area contributed by atoms with Crippen LogP contribution in [0.15, 0.2) is 24.3 Å². The van der Waals surface area contributed by atoms with Gasteiger partial charge in [0.15, 0.2) is 5.11 Å². The Morgan fingerprint density at radius 1 is 1.22 bits per heavy atom. The van der Waals surface area contributed by atoms with E-state index in [1.165, 1.54) is 11.1 Å². The zero-order valence-electron chi connectivity index (χ0n) is 11.2. The van der Waals surface area contributed by atoms with Crippen LogP contribution in [0.5, 0.6) is 0 Å². The lowest BCUT2D eigenvalue weighted by atomic mass is 10.1. The van der Waals surface area contributed by atoms with Gasteiger partial charge in [-0.05, 0) is 36.2 Å². The summed E-state index contributed by atoms with van der Waals surface area (Å²) >= 11 is 5.22. The molecule has 1 rings (SSSR count). The summed E-state index contributed by atoms with van der Waals surface area (Å²) in [7, 11) is 1.71. The molecule has 0 saturated heterocycles. The quantitative estimate of drug-likeness (QED) is 0.586. The van der Waals surface area contributed by atoms with Crippen LogP contribution in [0, 0.1) is 0 Å². The van der Waals surface area contributed by atoms with Crippen LogP contribution in [0.25, 0.3) is 0 Å². The van der Waals surface area contributed by atoms with Gasteiger partial charge in [-0.25, -0.2) is 0 Å². The molecule has 0 spiro atoms. The predicted octanol–water partition coefficient (Wildman–Crippen LogP) is 2.25. The zero-order chi connectivity index (χ0) is 13.2. The molecule has 2 N–H and O–H groups in total. The van der Waals surface area contributed by atoms with Crippen molar-refractivity contribution < 1.29 is 4.74 Å². The normalized spacial score (nSPS) is 10.1. The Kier molecular flexibility index (Phi) is 7.37. The highest BCUT2D eigenvalue weighted by Gasteiger charge is 2.00. The van der Waals surface area contributed by atoms with E-state index in [1.807, 2.05) is 0 Å². The Labute approximate surface area is 115 Å². The van der Waals surface area contributed by atoms with Crippen molar-refractivity contribution in [2.45, 2.75) is 26.3 Å². The molecule has 0 unspecified atom stereocenters. The molecule has 1 aromatic rings. The van der Waals surface area contributed by atoms with Crippen molar-refractivity contribution in [3.05, 3.63) is 35.4 Å². The van der Waals surface area contributed by atoms with E-state index in [2.05, 4.69) is 41.8 Å². The fourth-order valence-corrected chi connectivity index (χ4v) is 1.91. The molecule has 1 aromatic carbocycles. The van der Waals surface area contributed by atoms with E-state index in [-0.39, 0.29) is 0 Å². The molecule has 0 aromatic heterocycles. The predicted molar refractivity (Wildman–Crippen MR) is 79.8 cm³/mol. The van der Waals surface area contributed by atoms with Crippen LogP contribution in [0.3, 0.4) is 0 Å². The first kappa shape index (κ1) is 14.9. The number of hydrogen-bond acceptors (Lipinski definition) is 2. The van der Waals surface area contributed by atoms with E-state index >= 15 is 0 Å². The van der Waals surface area contributed by atoms with Crippen LogP contribution < -0.4 is 10.6 Å². The van der Waals surface area contributed by atoms with Gasteiger partial charge in [0.1, 0.15) is 0 Å². The Morgan fingerprint density at radius 3 is 2.61 bits per heavy atom. The van der Waals surface area contributed by atoms with E-state index < -0.39 is 0 Å². The first-order valence-corrected chi connectivity index (χ1v) is 6.76. The molecule has 18 heavy (non-hydrogen) atoms. The zero-order valence-corrected chi connectivity index (χ0v) is 12.0. The van der Waals surface area contributed by atoms with Gasteiger partial charge in [0.2, 0.25) is 0 Å². The Morgan fingerprint density at radius 2 is 1.94 bits per heavy atom. The standard InChI is InChI=1S/C14H22N2OS/c1-3-12-7-4-5-8-13(12)11-16-14(18)15-9-6-10-17-2/h4-5,7-8H,3,6,9-11H2,1-2H3,(H2,15,16,18). The third-order valence-electron chi connectivity index (χ3n) is 2.75. The minimum absolute atomic E-state index is 0.706. The molecule has 0 atom stereocenters. The van der Waals surface area contributed by atoms with Gasteiger partial charge in [-0.3, -0.25) is 0 Å². The molecule has 0 bridgehead atoms. The highest BCUT2D eigenvalue weighted by atomic mass is 32.1. The van der Waals surface area contributed by atoms with Crippen molar-refractivity contribution in [2.24, 2.45) is 0 Å². The second-order valence-electron chi connectivity index (χ2n) is 4.08. The van der Waals surface area contributed by atoms with Crippen molar-refractivity contribution in [1.29, 1.82) is 0 Å². The highest BCUT2D eigenvalue weighted by Crippen LogP contribution is 2.08. The summed E-state index contributed by atoms with van der Waals surface area (Å²) in [5.74, 6) is 0. The van der Waals surface area contributed by atoms with Crippen molar-refractivity contribution in [1.82, 2.24) is 10.6 Å². The molecule has 100 valence electrons. The van der Waals surface area contributed by atoms with Crippen molar-refractivity contribution in [3.8, 4) is 0 Å². The fourth-order valence-electron chi connectivity index (χ4n) is 1.73. The van der Waals surface area contributed by atoms with Crippen molar-refractivity contribution >= 4 is 17.3 Å². The number of aryl methyl sites for hydroxylation is 1. The number of ether oxygens (including phenoxy) is 1. The average Bonchev–Trinajstić information content (AvgIpc) is 2.41. The monoisotopic (exact) mass is 266 g/mol. The van der Waals surface area contributed by atoms with Gasteiger partial charge in [-0.15, -0.1) is 0 Å². The molecular weight excluding hydrogens is 244 g/mol. The molecule has 3 nitrogen and oxygen atoms in total. The highest BCUT2D eigenvalue weighted by molar-refractivity contribution is 7.80. The maximum absolute atomic E-state index is 5.22.